The maximum atomic E-state index is 12.9. The predicted molar refractivity (Wildman–Crippen MR) is 146 cm³/mol. The van der Waals surface area contributed by atoms with Crippen LogP contribution in [0.2, 0.25) is 0 Å². The Kier molecular flexibility index (Phi) is 6.79. The van der Waals surface area contributed by atoms with Gasteiger partial charge in [-0.1, -0.05) is 43.3 Å². The first-order chi connectivity index (χ1) is 17.4. The Balaban J connectivity index is 1.36. The molecule has 1 aromatic heterocycles. The zero-order valence-electron chi connectivity index (χ0n) is 21.3. The summed E-state index contributed by atoms with van der Waals surface area (Å²) < 4.78 is 0. The second-order valence-corrected chi connectivity index (χ2v) is 9.79. The molecule has 0 spiro atoms. The van der Waals surface area contributed by atoms with Crippen LogP contribution in [0.3, 0.4) is 0 Å². The lowest BCUT2D eigenvalue weighted by atomic mass is 9.98. The molecule has 5 rings (SSSR count). The maximum Gasteiger partial charge on any atom is 0.256 e. The molecule has 0 unspecified atom stereocenters. The number of hydrogen-bond donors (Lipinski definition) is 3. The monoisotopic (exact) mass is 482 g/mol. The van der Waals surface area contributed by atoms with Crippen molar-refractivity contribution in [2.24, 2.45) is 0 Å². The molecule has 0 atom stereocenters. The van der Waals surface area contributed by atoms with E-state index in [0.29, 0.717) is 17.7 Å². The van der Waals surface area contributed by atoms with Gasteiger partial charge in [-0.3, -0.25) is 9.59 Å². The fraction of sp³-hybridized carbons (Fsp3) is 0.333. The number of carbonyl (C=O) groups is 2. The van der Waals surface area contributed by atoms with Crippen LogP contribution in [0.4, 0.5) is 5.69 Å². The van der Waals surface area contributed by atoms with Crippen molar-refractivity contribution in [3.8, 4) is 11.1 Å². The number of nitrogens with zero attached hydrogens (tertiary/aromatic N) is 1. The van der Waals surface area contributed by atoms with Crippen LogP contribution < -0.4 is 10.6 Å². The normalized spacial score (nSPS) is 16.4. The van der Waals surface area contributed by atoms with E-state index in [1.807, 2.05) is 32.1 Å². The summed E-state index contributed by atoms with van der Waals surface area (Å²) in [5.74, 6) is -0.202. The van der Waals surface area contributed by atoms with Gasteiger partial charge in [0.15, 0.2) is 0 Å². The maximum absolute atomic E-state index is 12.9. The lowest BCUT2D eigenvalue weighted by Gasteiger charge is -2.14. The second kappa shape index (κ2) is 10.2. The van der Waals surface area contributed by atoms with Gasteiger partial charge in [0.2, 0.25) is 0 Å². The van der Waals surface area contributed by atoms with E-state index in [0.717, 1.165) is 65.4 Å². The number of aromatic amines is 1. The van der Waals surface area contributed by atoms with E-state index in [2.05, 4.69) is 57.8 Å². The number of amides is 2. The van der Waals surface area contributed by atoms with Gasteiger partial charge in [-0.2, -0.15) is 0 Å². The van der Waals surface area contributed by atoms with Gasteiger partial charge in [0, 0.05) is 35.7 Å². The molecule has 36 heavy (non-hydrogen) atoms. The third kappa shape index (κ3) is 4.73. The quantitative estimate of drug-likeness (QED) is 0.406. The highest BCUT2D eigenvalue weighted by molar-refractivity contribution is 6.35. The number of hydrogen-bond acceptors (Lipinski definition) is 3. The Hall–Kier alpha value is -3.64. The van der Waals surface area contributed by atoms with Crippen LogP contribution in [-0.4, -0.2) is 47.9 Å². The number of aryl methyl sites for hydroxylation is 2. The standard InChI is InChI=1S/C30H34N4O2/c1-4-21-7-9-22(10-8-21)23-11-12-24-25(29(35)33-27(24)17-23)18-26-19(2)28(20(3)32-26)30(36)31-13-16-34-14-5-6-15-34/h7-12,17-18,32H,4-6,13-16H2,1-3H3,(H,31,36)(H,33,35)/b25-18-. The van der Waals surface area contributed by atoms with E-state index in [9.17, 15) is 9.59 Å². The molecule has 3 N–H and O–H groups in total. The van der Waals surface area contributed by atoms with Crippen molar-refractivity contribution in [1.82, 2.24) is 15.2 Å². The number of H-pyrrole nitrogens is 1. The third-order valence-corrected chi connectivity index (χ3v) is 7.40. The van der Waals surface area contributed by atoms with Crippen molar-refractivity contribution < 1.29 is 9.59 Å². The fourth-order valence-electron chi connectivity index (χ4n) is 5.28. The average molecular weight is 483 g/mol. The Labute approximate surface area is 212 Å². The molecule has 1 saturated heterocycles. The van der Waals surface area contributed by atoms with Gasteiger partial charge in [0.1, 0.15) is 0 Å². The van der Waals surface area contributed by atoms with Crippen LogP contribution in [0, 0.1) is 13.8 Å². The van der Waals surface area contributed by atoms with Gasteiger partial charge in [-0.25, -0.2) is 0 Å². The first-order valence-corrected chi connectivity index (χ1v) is 12.9. The highest BCUT2D eigenvalue weighted by atomic mass is 16.2. The van der Waals surface area contributed by atoms with E-state index < -0.39 is 0 Å². The van der Waals surface area contributed by atoms with E-state index in [1.165, 1.54) is 18.4 Å². The van der Waals surface area contributed by atoms with Gasteiger partial charge >= 0.3 is 0 Å². The van der Waals surface area contributed by atoms with E-state index >= 15 is 0 Å². The molecule has 6 nitrogen and oxygen atoms in total. The minimum atomic E-state index is -0.133. The topological polar surface area (TPSA) is 77.2 Å². The summed E-state index contributed by atoms with van der Waals surface area (Å²) in [5.41, 5.74) is 8.88. The molecule has 3 aromatic rings. The largest absolute Gasteiger partial charge is 0.358 e. The Morgan fingerprint density at radius 3 is 2.50 bits per heavy atom. The van der Waals surface area contributed by atoms with Crippen molar-refractivity contribution in [3.05, 3.63) is 76.1 Å². The van der Waals surface area contributed by atoms with E-state index in [1.54, 1.807) is 0 Å². The average Bonchev–Trinajstić information content (AvgIpc) is 3.57. The summed E-state index contributed by atoms with van der Waals surface area (Å²) in [7, 11) is 0. The minimum absolute atomic E-state index is 0.0693. The molecule has 0 radical (unpaired) electrons. The fourth-order valence-corrected chi connectivity index (χ4v) is 5.28. The molecule has 6 heteroatoms. The van der Waals surface area contributed by atoms with Crippen molar-refractivity contribution in [3.63, 3.8) is 0 Å². The molecule has 2 aliphatic rings. The molecule has 2 aromatic carbocycles. The Bertz CT molecular complexity index is 1330. The zero-order valence-corrected chi connectivity index (χ0v) is 21.3. The molecule has 0 saturated carbocycles. The zero-order chi connectivity index (χ0) is 25.2. The van der Waals surface area contributed by atoms with Crippen LogP contribution in [0.1, 0.15) is 58.2 Å². The van der Waals surface area contributed by atoms with Crippen molar-refractivity contribution in [1.29, 1.82) is 0 Å². The summed E-state index contributed by atoms with van der Waals surface area (Å²) in [4.78, 5) is 31.5. The summed E-state index contributed by atoms with van der Waals surface area (Å²) in [5, 5.41) is 6.08. The molecule has 0 bridgehead atoms. The smallest absolute Gasteiger partial charge is 0.256 e. The highest BCUT2D eigenvalue weighted by Gasteiger charge is 2.26. The van der Waals surface area contributed by atoms with Crippen LogP contribution in [0.5, 0.6) is 0 Å². The van der Waals surface area contributed by atoms with Gasteiger partial charge < -0.3 is 20.5 Å². The molecule has 2 aliphatic heterocycles. The number of rotatable bonds is 7. The van der Waals surface area contributed by atoms with Crippen LogP contribution in [-0.2, 0) is 11.2 Å². The predicted octanol–water partition coefficient (Wildman–Crippen LogP) is 5.18. The molecule has 0 aliphatic carbocycles. The Morgan fingerprint density at radius 1 is 1.06 bits per heavy atom. The molecule has 186 valence electrons. The number of anilines is 1. The number of nitrogens with one attached hydrogen (secondary N) is 3. The molecular weight excluding hydrogens is 448 g/mol. The molecular formula is C30H34N4O2. The van der Waals surface area contributed by atoms with Crippen LogP contribution in [0.25, 0.3) is 22.8 Å². The summed E-state index contributed by atoms with van der Waals surface area (Å²) >= 11 is 0. The first-order valence-electron chi connectivity index (χ1n) is 12.9. The minimum Gasteiger partial charge on any atom is -0.358 e. The lowest BCUT2D eigenvalue weighted by Crippen LogP contribution is -2.33. The molecule has 3 heterocycles. The van der Waals surface area contributed by atoms with Gasteiger partial charge in [-0.15, -0.1) is 0 Å². The molecule has 1 fully saturated rings. The van der Waals surface area contributed by atoms with Crippen molar-refractivity contribution in [2.75, 3.05) is 31.5 Å². The first kappa shape index (κ1) is 24.1. The van der Waals surface area contributed by atoms with Crippen molar-refractivity contribution in [2.45, 2.75) is 40.0 Å². The summed E-state index contributed by atoms with van der Waals surface area (Å²) in [6.45, 7) is 9.74. The number of carbonyl (C=O) groups excluding carboxylic acids is 2. The lowest BCUT2D eigenvalue weighted by molar-refractivity contribution is -0.110. The summed E-state index contributed by atoms with van der Waals surface area (Å²) in [6.07, 6.45) is 5.35. The number of aromatic nitrogens is 1. The van der Waals surface area contributed by atoms with Gasteiger partial charge in [-0.05, 0) is 80.6 Å². The van der Waals surface area contributed by atoms with Crippen molar-refractivity contribution >= 4 is 29.2 Å². The number of likely N-dealkylation sites (tertiary alicyclic amines) is 1. The van der Waals surface area contributed by atoms with Gasteiger partial charge in [0.25, 0.3) is 11.8 Å². The molecule has 2 amide bonds. The SMILES string of the molecule is CCc1ccc(-c2ccc3c(c2)NC(=O)/C3=C\c2[nH]c(C)c(C(=O)NCCN3CCCC3)c2C)cc1. The third-order valence-electron chi connectivity index (χ3n) is 7.40. The van der Waals surface area contributed by atoms with E-state index in [4.69, 9.17) is 0 Å². The highest BCUT2D eigenvalue weighted by Crippen LogP contribution is 2.37. The second-order valence-electron chi connectivity index (χ2n) is 9.79. The van der Waals surface area contributed by atoms with Crippen LogP contribution >= 0.6 is 0 Å². The van der Waals surface area contributed by atoms with Crippen LogP contribution in [0.15, 0.2) is 42.5 Å². The van der Waals surface area contributed by atoms with E-state index in [-0.39, 0.29) is 11.8 Å². The number of benzene rings is 2. The van der Waals surface area contributed by atoms with Gasteiger partial charge in [0.05, 0.1) is 11.1 Å². The summed E-state index contributed by atoms with van der Waals surface area (Å²) in [6, 6.07) is 14.6. The number of fused-ring (bicyclic) bond motifs is 1. The Morgan fingerprint density at radius 2 is 1.78 bits per heavy atom.